The summed E-state index contributed by atoms with van der Waals surface area (Å²) in [4.78, 5) is 12.7. The zero-order chi connectivity index (χ0) is 13.1. The zero-order valence-electron chi connectivity index (χ0n) is 10.3. The summed E-state index contributed by atoms with van der Waals surface area (Å²) in [5.41, 5.74) is 6.78. The molecule has 2 N–H and O–H groups in total. The highest BCUT2D eigenvalue weighted by atomic mass is 32.2. The third-order valence-electron chi connectivity index (χ3n) is 3.02. The maximum Gasteiger partial charge on any atom is 0.292 e. The highest BCUT2D eigenvalue weighted by Crippen LogP contribution is 2.24. The van der Waals surface area contributed by atoms with Crippen LogP contribution in [0, 0.1) is 10.1 Å². The first kappa shape index (κ1) is 13.2. The van der Waals surface area contributed by atoms with Crippen molar-refractivity contribution in [2.24, 2.45) is 0 Å². The van der Waals surface area contributed by atoms with Gasteiger partial charge in [0.1, 0.15) is 5.69 Å². The Kier molecular flexibility index (Phi) is 4.08. The molecule has 1 atom stereocenters. The molecule has 1 aromatic rings. The molecular formula is C12H17N3O2S. The molecule has 98 valence electrons. The van der Waals surface area contributed by atoms with Gasteiger partial charge in [-0.2, -0.15) is 11.8 Å². The molecule has 0 saturated carbocycles. The first-order valence-corrected chi connectivity index (χ1v) is 6.98. The van der Waals surface area contributed by atoms with Gasteiger partial charge in [0, 0.05) is 36.7 Å². The first-order chi connectivity index (χ1) is 8.56. The van der Waals surface area contributed by atoms with Gasteiger partial charge in [0.15, 0.2) is 0 Å². The van der Waals surface area contributed by atoms with Crippen molar-refractivity contribution >= 4 is 23.1 Å². The molecule has 1 fully saturated rings. The molecule has 0 bridgehead atoms. The van der Waals surface area contributed by atoms with Crippen molar-refractivity contribution in [3.63, 3.8) is 0 Å². The van der Waals surface area contributed by atoms with E-state index < -0.39 is 4.92 Å². The van der Waals surface area contributed by atoms with Crippen LogP contribution in [0.1, 0.15) is 12.5 Å². The second-order valence-corrected chi connectivity index (χ2v) is 6.11. The van der Waals surface area contributed by atoms with Crippen LogP contribution >= 0.6 is 11.8 Å². The molecule has 0 spiro atoms. The second-order valence-electron chi connectivity index (χ2n) is 4.57. The average molecular weight is 267 g/mol. The fourth-order valence-corrected chi connectivity index (χ4v) is 3.22. The van der Waals surface area contributed by atoms with Gasteiger partial charge in [0.05, 0.1) is 4.92 Å². The SMILES string of the molecule is CC1CN(Cc2ccc(N)c([N+](=O)[O-])c2)CCS1. The van der Waals surface area contributed by atoms with Crippen molar-refractivity contribution in [3.8, 4) is 0 Å². The van der Waals surface area contributed by atoms with Gasteiger partial charge in [-0.05, 0) is 11.6 Å². The molecular weight excluding hydrogens is 250 g/mol. The Labute approximate surface area is 110 Å². The van der Waals surface area contributed by atoms with Gasteiger partial charge in [-0.3, -0.25) is 15.0 Å². The van der Waals surface area contributed by atoms with Crippen molar-refractivity contribution in [3.05, 3.63) is 33.9 Å². The lowest BCUT2D eigenvalue weighted by molar-refractivity contribution is -0.384. The number of nitro benzene ring substituents is 1. The highest BCUT2D eigenvalue weighted by molar-refractivity contribution is 7.99. The number of nitrogen functional groups attached to an aromatic ring is 1. The van der Waals surface area contributed by atoms with Crippen molar-refractivity contribution in [1.29, 1.82) is 0 Å². The Morgan fingerprint density at radius 1 is 1.61 bits per heavy atom. The van der Waals surface area contributed by atoms with Crippen LogP contribution in [0.3, 0.4) is 0 Å². The molecule has 1 heterocycles. The van der Waals surface area contributed by atoms with E-state index in [1.54, 1.807) is 12.1 Å². The van der Waals surface area contributed by atoms with E-state index in [1.807, 2.05) is 17.8 Å². The summed E-state index contributed by atoms with van der Waals surface area (Å²) in [6.45, 7) is 5.03. The van der Waals surface area contributed by atoms with Crippen molar-refractivity contribution in [1.82, 2.24) is 4.90 Å². The van der Waals surface area contributed by atoms with Crippen LogP contribution < -0.4 is 5.73 Å². The fourth-order valence-electron chi connectivity index (χ4n) is 2.14. The maximum absolute atomic E-state index is 10.8. The quantitative estimate of drug-likeness (QED) is 0.516. The molecule has 0 radical (unpaired) electrons. The molecule has 0 amide bonds. The van der Waals surface area contributed by atoms with E-state index in [0.29, 0.717) is 5.25 Å². The Bertz CT molecular complexity index is 453. The number of benzene rings is 1. The van der Waals surface area contributed by atoms with Gasteiger partial charge in [-0.15, -0.1) is 0 Å². The predicted octanol–water partition coefficient (Wildman–Crippen LogP) is 2.11. The maximum atomic E-state index is 10.8. The topological polar surface area (TPSA) is 72.4 Å². The summed E-state index contributed by atoms with van der Waals surface area (Å²) < 4.78 is 0. The molecule has 0 aromatic heterocycles. The lowest BCUT2D eigenvalue weighted by atomic mass is 10.1. The van der Waals surface area contributed by atoms with Crippen LogP contribution in [-0.2, 0) is 6.54 Å². The summed E-state index contributed by atoms with van der Waals surface area (Å²) >= 11 is 1.97. The smallest absolute Gasteiger partial charge is 0.292 e. The summed E-state index contributed by atoms with van der Waals surface area (Å²) in [6.07, 6.45) is 0. The predicted molar refractivity (Wildman–Crippen MR) is 74.7 cm³/mol. The molecule has 1 unspecified atom stereocenters. The standard InChI is InChI=1S/C12H17N3O2S/c1-9-7-14(4-5-18-9)8-10-2-3-11(13)12(6-10)15(16)17/h2-3,6,9H,4-5,7-8,13H2,1H3. The number of hydrogen-bond donors (Lipinski definition) is 1. The van der Waals surface area contributed by atoms with E-state index >= 15 is 0 Å². The van der Waals surface area contributed by atoms with E-state index in [-0.39, 0.29) is 11.4 Å². The van der Waals surface area contributed by atoms with Crippen molar-refractivity contribution < 1.29 is 4.92 Å². The lowest BCUT2D eigenvalue weighted by Crippen LogP contribution is -2.36. The van der Waals surface area contributed by atoms with Crippen LogP contribution in [0.4, 0.5) is 11.4 Å². The molecule has 5 nitrogen and oxygen atoms in total. The molecule has 1 aliphatic rings. The minimum absolute atomic E-state index is 0.00642. The van der Waals surface area contributed by atoms with Gasteiger partial charge in [0.2, 0.25) is 0 Å². The summed E-state index contributed by atoms with van der Waals surface area (Å²) in [5, 5.41) is 11.5. The van der Waals surface area contributed by atoms with E-state index in [2.05, 4.69) is 11.8 Å². The van der Waals surface area contributed by atoms with E-state index in [1.165, 1.54) is 0 Å². The van der Waals surface area contributed by atoms with Gasteiger partial charge in [-0.25, -0.2) is 0 Å². The van der Waals surface area contributed by atoms with Crippen molar-refractivity contribution in [2.75, 3.05) is 24.6 Å². The summed E-state index contributed by atoms with van der Waals surface area (Å²) in [7, 11) is 0. The number of hydrogen-bond acceptors (Lipinski definition) is 5. The number of nitrogens with two attached hydrogens (primary N) is 1. The summed E-state index contributed by atoms with van der Waals surface area (Å²) in [6, 6.07) is 5.08. The van der Waals surface area contributed by atoms with Crippen LogP contribution in [0.5, 0.6) is 0 Å². The molecule has 1 aliphatic heterocycles. The van der Waals surface area contributed by atoms with Crippen LogP contribution in [0.15, 0.2) is 18.2 Å². The van der Waals surface area contributed by atoms with Gasteiger partial charge < -0.3 is 5.73 Å². The van der Waals surface area contributed by atoms with E-state index in [4.69, 9.17) is 5.73 Å². The molecule has 2 rings (SSSR count). The first-order valence-electron chi connectivity index (χ1n) is 5.93. The molecule has 6 heteroatoms. The van der Waals surface area contributed by atoms with Crippen LogP contribution in [0.2, 0.25) is 0 Å². The second kappa shape index (κ2) is 5.58. The van der Waals surface area contributed by atoms with Crippen molar-refractivity contribution in [2.45, 2.75) is 18.7 Å². The summed E-state index contributed by atoms with van der Waals surface area (Å²) in [5.74, 6) is 1.12. The Balaban J connectivity index is 2.09. The number of rotatable bonds is 3. The number of anilines is 1. The minimum atomic E-state index is -0.423. The van der Waals surface area contributed by atoms with Gasteiger partial charge in [0.25, 0.3) is 5.69 Å². The molecule has 18 heavy (non-hydrogen) atoms. The fraction of sp³-hybridized carbons (Fsp3) is 0.500. The molecule has 1 aromatic carbocycles. The Hall–Kier alpha value is -1.27. The third-order valence-corrected chi connectivity index (χ3v) is 4.16. The van der Waals surface area contributed by atoms with Gasteiger partial charge in [-0.1, -0.05) is 13.0 Å². The number of nitrogens with zero attached hydrogens (tertiary/aromatic N) is 2. The Morgan fingerprint density at radius 2 is 2.39 bits per heavy atom. The molecule has 1 saturated heterocycles. The number of nitro groups is 1. The minimum Gasteiger partial charge on any atom is -0.393 e. The number of thioether (sulfide) groups is 1. The normalized spacial score (nSPS) is 20.8. The largest absolute Gasteiger partial charge is 0.393 e. The zero-order valence-corrected chi connectivity index (χ0v) is 11.2. The average Bonchev–Trinajstić information content (AvgIpc) is 2.31. The Morgan fingerprint density at radius 3 is 3.06 bits per heavy atom. The molecule has 0 aliphatic carbocycles. The lowest BCUT2D eigenvalue weighted by Gasteiger charge is -2.30. The van der Waals surface area contributed by atoms with E-state index in [9.17, 15) is 10.1 Å². The third kappa shape index (κ3) is 3.14. The van der Waals surface area contributed by atoms with Crippen LogP contribution in [-0.4, -0.2) is 33.9 Å². The highest BCUT2D eigenvalue weighted by Gasteiger charge is 2.18. The van der Waals surface area contributed by atoms with Gasteiger partial charge >= 0.3 is 0 Å². The van der Waals surface area contributed by atoms with E-state index in [0.717, 1.165) is 31.0 Å². The van der Waals surface area contributed by atoms with Crippen LogP contribution in [0.25, 0.3) is 0 Å². The monoisotopic (exact) mass is 267 g/mol.